The quantitative estimate of drug-likeness (QED) is 0.607. The van der Waals surface area contributed by atoms with E-state index in [1.165, 1.54) is 16.4 Å². The molecule has 2 rings (SSSR count). The Balaban J connectivity index is 2.10. The van der Waals surface area contributed by atoms with Gasteiger partial charge in [0, 0.05) is 18.8 Å². The summed E-state index contributed by atoms with van der Waals surface area (Å²) in [5.74, 6) is 1.25. The summed E-state index contributed by atoms with van der Waals surface area (Å²) >= 11 is 1.30. The Morgan fingerprint density at radius 1 is 1.48 bits per heavy atom. The number of thioether (sulfide) groups is 1. The molecule has 0 spiro atoms. The van der Waals surface area contributed by atoms with Gasteiger partial charge in [-0.05, 0) is 17.7 Å². The van der Waals surface area contributed by atoms with E-state index in [1.54, 1.807) is 14.2 Å². The Morgan fingerprint density at radius 3 is 2.95 bits per heavy atom. The Labute approximate surface area is 125 Å². The van der Waals surface area contributed by atoms with Gasteiger partial charge in [0.25, 0.3) is 0 Å². The first-order chi connectivity index (χ1) is 10.0. The van der Waals surface area contributed by atoms with Gasteiger partial charge in [0.2, 0.25) is 0 Å². The molecule has 2 aromatic rings. The third-order valence-electron chi connectivity index (χ3n) is 2.86. The van der Waals surface area contributed by atoms with Gasteiger partial charge in [-0.15, -0.1) is 0 Å². The number of hydrogen-bond acceptors (Lipinski definition) is 6. The third kappa shape index (κ3) is 3.73. The van der Waals surface area contributed by atoms with Crippen molar-refractivity contribution in [2.45, 2.75) is 11.2 Å². The molecule has 112 valence electrons. The van der Waals surface area contributed by atoms with E-state index < -0.39 is 11.1 Å². The molecule has 0 saturated heterocycles. The van der Waals surface area contributed by atoms with E-state index in [0.29, 0.717) is 10.9 Å². The van der Waals surface area contributed by atoms with Crippen molar-refractivity contribution in [3.8, 4) is 5.75 Å². The summed E-state index contributed by atoms with van der Waals surface area (Å²) in [6.07, 6.45) is 0. The molecule has 3 N–H and O–H groups in total. The molecule has 21 heavy (non-hydrogen) atoms. The zero-order valence-corrected chi connectivity index (χ0v) is 12.5. The van der Waals surface area contributed by atoms with Crippen molar-refractivity contribution in [2.24, 2.45) is 12.8 Å². The molecular formula is C13H16N4O3S. The largest absolute Gasteiger partial charge is 0.497 e. The van der Waals surface area contributed by atoms with E-state index in [1.807, 2.05) is 24.3 Å². The lowest BCUT2D eigenvalue weighted by Gasteiger charge is -2.13. The van der Waals surface area contributed by atoms with Crippen LogP contribution < -0.4 is 21.6 Å². The minimum absolute atomic E-state index is 0.242. The Bertz CT molecular complexity index is 741. The molecule has 0 aliphatic heterocycles. The maximum atomic E-state index is 11.3. The molecule has 0 amide bonds. The molecular weight excluding hydrogens is 292 g/mol. The fourth-order valence-electron chi connectivity index (χ4n) is 1.72. The van der Waals surface area contributed by atoms with Crippen molar-refractivity contribution < 1.29 is 4.74 Å². The average Bonchev–Trinajstić information content (AvgIpc) is 2.49. The summed E-state index contributed by atoms with van der Waals surface area (Å²) in [6, 6.07) is 7.25. The van der Waals surface area contributed by atoms with Gasteiger partial charge < -0.3 is 10.5 Å². The summed E-state index contributed by atoms with van der Waals surface area (Å²) < 4.78 is 6.57. The number of aromatic amines is 1. The number of aromatic nitrogens is 3. The fraction of sp³-hybridized carbons (Fsp3) is 0.308. The van der Waals surface area contributed by atoms with Crippen LogP contribution in [0.1, 0.15) is 11.6 Å². The van der Waals surface area contributed by atoms with E-state index in [9.17, 15) is 9.59 Å². The Hall–Kier alpha value is -2.06. The molecule has 0 fully saturated rings. The first-order valence-electron chi connectivity index (χ1n) is 6.21. The molecule has 0 radical (unpaired) electrons. The molecule has 0 bridgehead atoms. The molecule has 1 aromatic heterocycles. The highest BCUT2D eigenvalue weighted by Crippen LogP contribution is 2.23. The van der Waals surface area contributed by atoms with Gasteiger partial charge in [0.15, 0.2) is 5.16 Å². The fourth-order valence-corrected chi connectivity index (χ4v) is 2.63. The van der Waals surface area contributed by atoms with E-state index in [-0.39, 0.29) is 6.04 Å². The van der Waals surface area contributed by atoms with E-state index in [4.69, 9.17) is 10.5 Å². The predicted octanol–water partition coefficient (Wildman–Crippen LogP) is 0.269. The van der Waals surface area contributed by atoms with Crippen LogP contribution in [0.25, 0.3) is 0 Å². The highest BCUT2D eigenvalue weighted by atomic mass is 32.2. The Morgan fingerprint density at radius 2 is 2.24 bits per heavy atom. The molecule has 0 saturated carbocycles. The number of rotatable bonds is 5. The minimum Gasteiger partial charge on any atom is -0.497 e. The molecule has 8 heteroatoms. The zero-order valence-electron chi connectivity index (χ0n) is 11.7. The lowest BCUT2D eigenvalue weighted by atomic mass is 10.1. The third-order valence-corrected chi connectivity index (χ3v) is 4.01. The van der Waals surface area contributed by atoms with Crippen LogP contribution in [-0.4, -0.2) is 27.6 Å². The average molecular weight is 308 g/mol. The van der Waals surface area contributed by atoms with Crippen LogP contribution in [0, 0.1) is 0 Å². The lowest BCUT2D eigenvalue weighted by Crippen LogP contribution is -2.34. The Kier molecular flexibility index (Phi) is 4.81. The van der Waals surface area contributed by atoms with Crippen molar-refractivity contribution in [3.63, 3.8) is 0 Å². The minimum atomic E-state index is -0.800. The predicted molar refractivity (Wildman–Crippen MR) is 80.7 cm³/mol. The number of nitrogens with two attached hydrogens (primary N) is 1. The van der Waals surface area contributed by atoms with Gasteiger partial charge in [-0.3, -0.25) is 19.4 Å². The highest BCUT2D eigenvalue weighted by molar-refractivity contribution is 7.99. The lowest BCUT2D eigenvalue weighted by molar-refractivity contribution is 0.414. The van der Waals surface area contributed by atoms with E-state index >= 15 is 0 Å². The maximum absolute atomic E-state index is 11.3. The number of aryl methyl sites for hydroxylation is 1. The van der Waals surface area contributed by atoms with Gasteiger partial charge in [0.1, 0.15) is 5.75 Å². The summed E-state index contributed by atoms with van der Waals surface area (Å²) in [7, 11) is 3.21. The van der Waals surface area contributed by atoms with E-state index in [2.05, 4.69) is 10.1 Å². The number of methoxy groups -OCH3 is 1. The van der Waals surface area contributed by atoms with Crippen LogP contribution in [0.4, 0.5) is 0 Å². The van der Waals surface area contributed by atoms with Gasteiger partial charge in [-0.1, -0.05) is 23.9 Å². The molecule has 7 nitrogen and oxygen atoms in total. The maximum Gasteiger partial charge on any atom is 0.339 e. The van der Waals surface area contributed by atoms with Crippen molar-refractivity contribution >= 4 is 11.8 Å². The number of benzene rings is 1. The monoisotopic (exact) mass is 308 g/mol. The smallest absolute Gasteiger partial charge is 0.339 e. The van der Waals surface area contributed by atoms with E-state index in [0.717, 1.165) is 11.3 Å². The van der Waals surface area contributed by atoms with Gasteiger partial charge in [-0.2, -0.15) is 4.98 Å². The number of nitrogens with zero attached hydrogens (tertiary/aromatic N) is 2. The van der Waals surface area contributed by atoms with Crippen molar-refractivity contribution in [1.82, 2.24) is 14.8 Å². The summed E-state index contributed by atoms with van der Waals surface area (Å²) in [6.45, 7) is 0. The van der Waals surface area contributed by atoms with Crippen molar-refractivity contribution in [3.05, 3.63) is 50.5 Å². The second kappa shape index (κ2) is 6.59. The molecule has 0 aliphatic carbocycles. The van der Waals surface area contributed by atoms with Crippen LogP contribution in [-0.2, 0) is 7.05 Å². The zero-order chi connectivity index (χ0) is 15.4. The van der Waals surface area contributed by atoms with Crippen molar-refractivity contribution in [2.75, 3.05) is 12.9 Å². The summed E-state index contributed by atoms with van der Waals surface area (Å²) in [4.78, 5) is 26.1. The molecule has 1 aromatic carbocycles. The standard InChI is InChI=1S/C13H16N4O3S/c1-17-13(15-11(18)12(19)16-17)21-7-10(14)8-4-3-5-9(6-8)20-2/h3-6,10H,7,14H2,1-2H3,(H,16,19). The molecule has 1 atom stereocenters. The second-order valence-corrected chi connectivity index (χ2v) is 5.38. The summed E-state index contributed by atoms with van der Waals surface area (Å²) in [5, 5.41) is 2.81. The molecule has 1 heterocycles. The SMILES string of the molecule is COc1cccc(C(N)CSc2nc(=O)c(=O)[nH]n2C)c1. The number of ether oxygens (including phenoxy) is 1. The van der Waals surface area contributed by atoms with Gasteiger partial charge >= 0.3 is 11.1 Å². The highest BCUT2D eigenvalue weighted by Gasteiger charge is 2.11. The number of nitrogens with one attached hydrogen (secondary N) is 1. The van der Waals surface area contributed by atoms with Gasteiger partial charge in [0.05, 0.1) is 7.11 Å². The van der Waals surface area contributed by atoms with Crippen LogP contribution in [0.3, 0.4) is 0 Å². The normalized spacial score (nSPS) is 12.1. The second-order valence-electron chi connectivity index (χ2n) is 4.39. The molecule has 0 aliphatic rings. The summed E-state index contributed by atoms with van der Waals surface area (Å²) in [5.41, 5.74) is 5.51. The van der Waals surface area contributed by atoms with Crippen molar-refractivity contribution in [1.29, 1.82) is 0 Å². The number of H-pyrrole nitrogens is 1. The first kappa shape index (κ1) is 15.3. The van der Waals surface area contributed by atoms with Crippen LogP contribution in [0.15, 0.2) is 39.0 Å². The number of hydrogen-bond donors (Lipinski definition) is 2. The van der Waals surface area contributed by atoms with Crippen LogP contribution in [0.2, 0.25) is 0 Å². The topological polar surface area (TPSA) is 103 Å². The van der Waals surface area contributed by atoms with Gasteiger partial charge in [-0.25, -0.2) is 0 Å². The first-order valence-corrected chi connectivity index (χ1v) is 7.19. The van der Waals surface area contributed by atoms with Crippen LogP contribution in [0.5, 0.6) is 5.75 Å². The van der Waals surface area contributed by atoms with Crippen LogP contribution >= 0.6 is 11.8 Å². The molecule has 1 unspecified atom stereocenters.